The summed E-state index contributed by atoms with van der Waals surface area (Å²) < 4.78 is 1.97. The van der Waals surface area contributed by atoms with Crippen molar-refractivity contribution in [2.24, 2.45) is 7.05 Å². The van der Waals surface area contributed by atoms with Gasteiger partial charge in [0.25, 0.3) is 0 Å². The molecule has 0 radical (unpaired) electrons. The number of nitrogens with zero attached hydrogens (tertiary/aromatic N) is 2. The number of hydrogen-bond acceptors (Lipinski definition) is 1. The fourth-order valence-electron chi connectivity index (χ4n) is 0.637. The van der Waals surface area contributed by atoms with Gasteiger partial charge in [-0.3, -0.25) is 0 Å². The highest BCUT2D eigenvalue weighted by Gasteiger charge is 1.93. The predicted octanol–water partition coefficient (Wildman–Crippen LogP) is -0.838. The molecule has 3 nitrogen and oxygen atoms in total. The lowest BCUT2D eigenvalue weighted by molar-refractivity contribution is -0.388. The molecule has 1 rings (SSSR count). The van der Waals surface area contributed by atoms with Crippen molar-refractivity contribution in [1.29, 1.82) is 0 Å². The summed E-state index contributed by atoms with van der Waals surface area (Å²) in [4.78, 5) is 4.03. The molecule has 3 heteroatoms. The van der Waals surface area contributed by atoms with Crippen LogP contribution in [0.25, 0.3) is 0 Å². The topological polar surface area (TPSA) is 45.5 Å². The van der Waals surface area contributed by atoms with E-state index in [1.165, 1.54) is 0 Å². The molecule has 0 amide bonds. The van der Waals surface area contributed by atoms with Crippen LogP contribution in [0.3, 0.4) is 0 Å². The van der Waals surface area contributed by atoms with Crippen LogP contribution in [-0.2, 0) is 13.6 Å². The predicted molar refractivity (Wildman–Crippen MR) is 29.8 cm³/mol. The maximum absolute atomic E-state index is 4.03. The van der Waals surface area contributed by atoms with Gasteiger partial charge in [0.05, 0.1) is 0 Å². The highest BCUT2D eigenvalue weighted by molar-refractivity contribution is 4.87. The molecule has 0 aliphatic rings. The first-order chi connectivity index (χ1) is 3.84. The van der Waals surface area contributed by atoms with Crippen LogP contribution in [0.2, 0.25) is 0 Å². The average molecular weight is 112 g/mol. The van der Waals surface area contributed by atoms with Gasteiger partial charge < -0.3 is 10.3 Å². The van der Waals surface area contributed by atoms with Gasteiger partial charge in [0.2, 0.25) is 0 Å². The minimum atomic E-state index is 0.767. The SMILES string of the molecule is Cn1ccnc1C[NH3+]. The van der Waals surface area contributed by atoms with Crippen LogP contribution in [0, 0.1) is 0 Å². The van der Waals surface area contributed by atoms with Crippen molar-refractivity contribution in [3.8, 4) is 0 Å². The molecule has 0 saturated heterocycles. The van der Waals surface area contributed by atoms with Crippen molar-refractivity contribution in [3.63, 3.8) is 0 Å². The van der Waals surface area contributed by atoms with E-state index in [-0.39, 0.29) is 0 Å². The number of rotatable bonds is 1. The summed E-state index contributed by atoms with van der Waals surface area (Å²) in [5.74, 6) is 1.03. The number of imidazole rings is 1. The van der Waals surface area contributed by atoms with Gasteiger partial charge in [-0.2, -0.15) is 0 Å². The van der Waals surface area contributed by atoms with Crippen LogP contribution in [-0.4, -0.2) is 9.55 Å². The van der Waals surface area contributed by atoms with Crippen molar-refractivity contribution >= 4 is 0 Å². The number of aryl methyl sites for hydroxylation is 1. The number of quaternary nitrogens is 1. The van der Waals surface area contributed by atoms with Gasteiger partial charge in [-0.25, -0.2) is 4.98 Å². The fourth-order valence-corrected chi connectivity index (χ4v) is 0.637. The first-order valence-corrected chi connectivity index (χ1v) is 2.60. The van der Waals surface area contributed by atoms with E-state index >= 15 is 0 Å². The van der Waals surface area contributed by atoms with E-state index in [2.05, 4.69) is 10.7 Å². The molecule has 8 heavy (non-hydrogen) atoms. The molecule has 0 atom stereocenters. The van der Waals surface area contributed by atoms with Crippen LogP contribution in [0.5, 0.6) is 0 Å². The summed E-state index contributed by atoms with van der Waals surface area (Å²) in [5.41, 5.74) is 3.71. The Labute approximate surface area is 48.1 Å². The second-order valence-corrected chi connectivity index (χ2v) is 1.70. The monoisotopic (exact) mass is 112 g/mol. The molecule has 0 unspecified atom stereocenters. The second-order valence-electron chi connectivity index (χ2n) is 1.70. The summed E-state index contributed by atoms with van der Waals surface area (Å²) in [5, 5.41) is 0. The van der Waals surface area contributed by atoms with Crippen LogP contribution in [0.1, 0.15) is 5.82 Å². The van der Waals surface area contributed by atoms with Gasteiger partial charge in [-0.05, 0) is 0 Å². The summed E-state index contributed by atoms with van der Waals surface area (Å²) in [7, 11) is 1.97. The zero-order chi connectivity index (χ0) is 5.98. The first kappa shape index (κ1) is 5.31. The van der Waals surface area contributed by atoms with E-state index < -0.39 is 0 Å². The summed E-state index contributed by atoms with van der Waals surface area (Å²) in [6.07, 6.45) is 3.70. The number of hydrogen-bond donors (Lipinski definition) is 1. The fraction of sp³-hybridized carbons (Fsp3) is 0.400. The van der Waals surface area contributed by atoms with Crippen LogP contribution >= 0.6 is 0 Å². The molecule has 0 saturated carbocycles. The maximum Gasteiger partial charge on any atom is 0.163 e. The Morgan fingerprint density at radius 2 is 2.62 bits per heavy atom. The normalized spacial score (nSPS) is 9.75. The number of aromatic nitrogens is 2. The van der Waals surface area contributed by atoms with E-state index in [1.54, 1.807) is 6.20 Å². The van der Waals surface area contributed by atoms with E-state index in [1.807, 2.05) is 17.8 Å². The lowest BCUT2D eigenvalue weighted by Crippen LogP contribution is -2.48. The van der Waals surface area contributed by atoms with E-state index in [0.29, 0.717) is 0 Å². The minimum absolute atomic E-state index is 0.767. The Balaban J connectivity index is 2.92. The molecule has 1 heterocycles. The van der Waals surface area contributed by atoms with Crippen LogP contribution in [0.15, 0.2) is 12.4 Å². The third-order valence-electron chi connectivity index (χ3n) is 1.14. The Morgan fingerprint density at radius 3 is 2.88 bits per heavy atom. The standard InChI is InChI=1S/C5H9N3/c1-8-3-2-7-5(8)4-6/h2-3H,4,6H2,1H3/p+1. The second kappa shape index (κ2) is 1.96. The van der Waals surface area contributed by atoms with Gasteiger partial charge >= 0.3 is 0 Å². The van der Waals surface area contributed by atoms with Crippen molar-refractivity contribution in [2.75, 3.05) is 0 Å². The quantitative estimate of drug-likeness (QED) is 0.506. The molecular weight excluding hydrogens is 102 g/mol. The summed E-state index contributed by atoms with van der Waals surface area (Å²) in [6.45, 7) is 0.767. The molecule has 3 N–H and O–H groups in total. The molecule has 1 aromatic heterocycles. The van der Waals surface area contributed by atoms with Crippen LogP contribution < -0.4 is 5.73 Å². The Kier molecular flexibility index (Phi) is 1.30. The van der Waals surface area contributed by atoms with Gasteiger partial charge in [-0.1, -0.05) is 0 Å². The van der Waals surface area contributed by atoms with Crippen LogP contribution in [0.4, 0.5) is 0 Å². The molecule has 0 aliphatic heterocycles. The highest BCUT2D eigenvalue weighted by Crippen LogP contribution is 1.88. The molecule has 0 fully saturated rings. The molecule has 0 aromatic carbocycles. The smallest absolute Gasteiger partial charge is 0.163 e. The summed E-state index contributed by atoms with van der Waals surface area (Å²) in [6, 6.07) is 0. The Hall–Kier alpha value is -0.830. The Bertz CT molecular complexity index is 168. The maximum atomic E-state index is 4.03. The lowest BCUT2D eigenvalue weighted by Gasteiger charge is -1.90. The first-order valence-electron chi connectivity index (χ1n) is 2.60. The van der Waals surface area contributed by atoms with Gasteiger partial charge in [-0.15, -0.1) is 0 Å². The van der Waals surface area contributed by atoms with E-state index in [0.717, 1.165) is 12.4 Å². The van der Waals surface area contributed by atoms with Crippen molar-refractivity contribution in [2.45, 2.75) is 6.54 Å². The third-order valence-corrected chi connectivity index (χ3v) is 1.14. The average Bonchev–Trinajstić information content (AvgIpc) is 2.14. The molecular formula is C5H10N3+. The van der Waals surface area contributed by atoms with E-state index in [4.69, 9.17) is 0 Å². The zero-order valence-electron chi connectivity index (χ0n) is 4.96. The third kappa shape index (κ3) is 0.721. The molecule has 44 valence electrons. The van der Waals surface area contributed by atoms with Crippen molar-refractivity contribution < 1.29 is 5.73 Å². The van der Waals surface area contributed by atoms with Crippen molar-refractivity contribution in [1.82, 2.24) is 9.55 Å². The minimum Gasteiger partial charge on any atom is -0.351 e. The molecule has 0 bridgehead atoms. The molecule has 1 aromatic rings. The largest absolute Gasteiger partial charge is 0.351 e. The van der Waals surface area contributed by atoms with E-state index in [9.17, 15) is 0 Å². The van der Waals surface area contributed by atoms with Crippen molar-refractivity contribution in [3.05, 3.63) is 18.2 Å². The molecule has 0 spiro atoms. The van der Waals surface area contributed by atoms with Gasteiger partial charge in [0, 0.05) is 19.4 Å². The highest BCUT2D eigenvalue weighted by atomic mass is 15.0. The Morgan fingerprint density at radius 1 is 1.88 bits per heavy atom. The zero-order valence-corrected chi connectivity index (χ0v) is 4.96. The summed E-state index contributed by atoms with van der Waals surface area (Å²) >= 11 is 0. The molecule has 0 aliphatic carbocycles. The van der Waals surface area contributed by atoms with Gasteiger partial charge in [0.1, 0.15) is 6.54 Å². The lowest BCUT2D eigenvalue weighted by atomic mass is 10.6. The van der Waals surface area contributed by atoms with Gasteiger partial charge in [0.15, 0.2) is 5.82 Å².